The van der Waals surface area contributed by atoms with Crippen molar-refractivity contribution in [3.8, 4) is 5.75 Å². The van der Waals surface area contributed by atoms with Crippen LogP contribution in [0.4, 0.5) is 13.2 Å². The quantitative estimate of drug-likeness (QED) is 0.880. The molecule has 21 heavy (non-hydrogen) atoms. The minimum atomic E-state index is -2.73. The summed E-state index contributed by atoms with van der Waals surface area (Å²) in [5, 5.41) is 9.20. The highest BCUT2D eigenvalue weighted by Crippen LogP contribution is 2.28. The van der Waals surface area contributed by atoms with Crippen molar-refractivity contribution in [2.75, 3.05) is 0 Å². The Morgan fingerprint density at radius 3 is 2.57 bits per heavy atom. The number of aliphatic hydroxyl groups excluding tert-OH is 1. The van der Waals surface area contributed by atoms with Gasteiger partial charge in [0.2, 0.25) is 0 Å². The van der Waals surface area contributed by atoms with Crippen LogP contribution in [0, 0.1) is 5.82 Å². The van der Waals surface area contributed by atoms with E-state index in [-0.39, 0.29) is 34.1 Å². The summed E-state index contributed by atoms with van der Waals surface area (Å²) in [6.45, 7) is -0.661. The summed E-state index contributed by atoms with van der Waals surface area (Å²) in [7, 11) is 0. The molecule has 1 N–H and O–H groups in total. The molecular weight excluding hydrogens is 305 g/mol. The predicted octanol–water partition coefficient (Wildman–Crippen LogP) is 4.49. The molecule has 2 rings (SSSR count). The molecule has 0 spiro atoms. The second-order valence-electron chi connectivity index (χ2n) is 4.31. The zero-order chi connectivity index (χ0) is 15.4. The Labute approximate surface area is 124 Å². The van der Waals surface area contributed by atoms with Gasteiger partial charge in [0.05, 0.1) is 11.6 Å². The second-order valence-corrected chi connectivity index (χ2v) is 4.72. The Hall–Kier alpha value is -1.72. The first-order valence-corrected chi connectivity index (χ1v) is 6.48. The maximum atomic E-state index is 13.6. The molecule has 2 nitrogen and oxygen atoms in total. The molecule has 0 aliphatic carbocycles. The summed E-state index contributed by atoms with van der Waals surface area (Å²) in [4.78, 5) is 0. The van der Waals surface area contributed by atoms with Crippen molar-refractivity contribution in [2.45, 2.75) is 19.6 Å². The van der Waals surface area contributed by atoms with E-state index in [1.165, 1.54) is 30.3 Å². The first-order chi connectivity index (χ1) is 10.0. The molecule has 0 aliphatic rings. The molecule has 6 heteroatoms. The molecule has 0 atom stereocenters. The van der Waals surface area contributed by atoms with E-state index in [1.54, 1.807) is 0 Å². The molecule has 0 aromatic heterocycles. The molecule has 0 saturated carbocycles. The van der Waals surface area contributed by atoms with Crippen molar-refractivity contribution in [1.82, 2.24) is 0 Å². The smallest absolute Gasteiger partial charge is 0.264 e. The molecule has 0 aliphatic heterocycles. The van der Waals surface area contributed by atoms with Gasteiger partial charge in [-0.2, -0.15) is 0 Å². The summed E-state index contributed by atoms with van der Waals surface area (Å²) >= 11 is 5.85. The number of hydrogen-bond acceptors (Lipinski definition) is 2. The largest absolute Gasteiger partial charge is 0.489 e. The molecular formula is C15H12ClF3O2. The Kier molecular flexibility index (Phi) is 5.09. The van der Waals surface area contributed by atoms with E-state index in [4.69, 9.17) is 21.4 Å². The van der Waals surface area contributed by atoms with Crippen LogP contribution in [-0.4, -0.2) is 5.11 Å². The molecule has 0 radical (unpaired) electrons. The SMILES string of the molecule is OCc1ccc(OCc2c(F)cccc2Cl)cc1C(F)F. The van der Waals surface area contributed by atoms with E-state index >= 15 is 0 Å². The molecule has 0 fully saturated rings. The van der Waals surface area contributed by atoms with E-state index < -0.39 is 18.8 Å². The zero-order valence-electron chi connectivity index (χ0n) is 10.8. The monoisotopic (exact) mass is 316 g/mol. The molecule has 0 amide bonds. The number of aliphatic hydroxyl groups is 1. The van der Waals surface area contributed by atoms with E-state index in [2.05, 4.69) is 0 Å². The van der Waals surface area contributed by atoms with Crippen LogP contribution in [-0.2, 0) is 13.2 Å². The average molecular weight is 317 g/mol. The van der Waals surface area contributed by atoms with Gasteiger partial charge in [-0.25, -0.2) is 13.2 Å². The fourth-order valence-electron chi connectivity index (χ4n) is 1.84. The molecule has 0 saturated heterocycles. The summed E-state index contributed by atoms with van der Waals surface area (Å²) in [5.41, 5.74) is -0.0279. The Morgan fingerprint density at radius 1 is 1.19 bits per heavy atom. The van der Waals surface area contributed by atoms with Crippen LogP contribution in [0.5, 0.6) is 5.75 Å². The predicted molar refractivity (Wildman–Crippen MR) is 73.1 cm³/mol. The van der Waals surface area contributed by atoms with Crippen molar-refractivity contribution in [3.63, 3.8) is 0 Å². The van der Waals surface area contributed by atoms with Gasteiger partial charge < -0.3 is 9.84 Å². The van der Waals surface area contributed by atoms with Crippen molar-refractivity contribution >= 4 is 11.6 Å². The third-order valence-electron chi connectivity index (χ3n) is 2.97. The number of ether oxygens (including phenoxy) is 1. The van der Waals surface area contributed by atoms with Crippen LogP contribution in [0.3, 0.4) is 0 Å². The Morgan fingerprint density at radius 2 is 1.95 bits per heavy atom. The van der Waals surface area contributed by atoms with Gasteiger partial charge in [-0.1, -0.05) is 23.7 Å². The lowest BCUT2D eigenvalue weighted by molar-refractivity contribution is 0.146. The summed E-state index contributed by atoms with van der Waals surface area (Å²) in [6.07, 6.45) is -2.73. The van der Waals surface area contributed by atoms with Crippen LogP contribution in [0.1, 0.15) is 23.1 Å². The molecule has 0 unspecified atom stereocenters. The summed E-state index contributed by atoms with van der Waals surface area (Å²) in [6, 6.07) is 8.13. The van der Waals surface area contributed by atoms with Gasteiger partial charge in [-0.15, -0.1) is 0 Å². The van der Waals surface area contributed by atoms with Crippen molar-refractivity contribution < 1.29 is 23.0 Å². The van der Waals surface area contributed by atoms with E-state index in [0.29, 0.717) is 0 Å². The topological polar surface area (TPSA) is 29.5 Å². The van der Waals surface area contributed by atoms with Crippen LogP contribution in [0.2, 0.25) is 5.02 Å². The second kappa shape index (κ2) is 6.83. The standard InChI is InChI=1S/C15H12ClF3O2/c16-13-2-1-3-14(17)12(13)8-21-10-5-4-9(7-20)11(6-10)15(18)19/h1-6,15,20H,7-8H2. The number of benzene rings is 2. The molecule has 0 bridgehead atoms. The average Bonchev–Trinajstić information content (AvgIpc) is 2.46. The third kappa shape index (κ3) is 3.68. The minimum absolute atomic E-state index is 0.126. The lowest BCUT2D eigenvalue weighted by Crippen LogP contribution is -2.01. The fourth-order valence-corrected chi connectivity index (χ4v) is 2.05. The van der Waals surface area contributed by atoms with Crippen molar-refractivity contribution in [3.05, 3.63) is 63.9 Å². The van der Waals surface area contributed by atoms with E-state index in [9.17, 15) is 13.2 Å². The number of rotatable bonds is 5. The van der Waals surface area contributed by atoms with Gasteiger partial charge in [-0.05, 0) is 29.8 Å². The lowest BCUT2D eigenvalue weighted by Gasteiger charge is -2.12. The highest BCUT2D eigenvalue weighted by molar-refractivity contribution is 6.31. The number of halogens is 4. The van der Waals surface area contributed by atoms with Gasteiger partial charge in [0.1, 0.15) is 18.2 Å². The maximum Gasteiger partial charge on any atom is 0.264 e. The van der Waals surface area contributed by atoms with E-state index in [0.717, 1.165) is 6.07 Å². The van der Waals surface area contributed by atoms with Crippen LogP contribution in [0.25, 0.3) is 0 Å². The van der Waals surface area contributed by atoms with Gasteiger partial charge in [0, 0.05) is 11.1 Å². The van der Waals surface area contributed by atoms with Gasteiger partial charge >= 0.3 is 0 Å². The van der Waals surface area contributed by atoms with Crippen LogP contribution in [0.15, 0.2) is 36.4 Å². The van der Waals surface area contributed by atoms with Gasteiger partial charge in [-0.3, -0.25) is 0 Å². The zero-order valence-corrected chi connectivity index (χ0v) is 11.6. The minimum Gasteiger partial charge on any atom is -0.489 e. The third-order valence-corrected chi connectivity index (χ3v) is 3.32. The molecule has 0 heterocycles. The number of hydrogen-bond donors (Lipinski definition) is 1. The summed E-state index contributed by atoms with van der Waals surface area (Å²) < 4.78 is 44.5. The van der Waals surface area contributed by atoms with Gasteiger partial charge in [0.25, 0.3) is 6.43 Å². The molecule has 2 aromatic rings. The van der Waals surface area contributed by atoms with Crippen LogP contribution < -0.4 is 4.74 Å². The van der Waals surface area contributed by atoms with Crippen LogP contribution >= 0.6 is 11.6 Å². The van der Waals surface area contributed by atoms with E-state index in [1.807, 2.05) is 0 Å². The fraction of sp³-hybridized carbons (Fsp3) is 0.200. The number of alkyl halides is 2. The lowest BCUT2D eigenvalue weighted by atomic mass is 10.1. The normalized spacial score (nSPS) is 11.0. The molecule has 112 valence electrons. The van der Waals surface area contributed by atoms with Crippen molar-refractivity contribution in [1.29, 1.82) is 0 Å². The Bertz CT molecular complexity index is 612. The van der Waals surface area contributed by atoms with Crippen molar-refractivity contribution in [2.24, 2.45) is 0 Å². The summed E-state index contributed by atoms with van der Waals surface area (Å²) in [5.74, 6) is -0.370. The molecule has 2 aromatic carbocycles. The first kappa shape index (κ1) is 15.7. The maximum absolute atomic E-state index is 13.6. The van der Waals surface area contributed by atoms with Gasteiger partial charge in [0.15, 0.2) is 0 Å². The highest BCUT2D eigenvalue weighted by Gasteiger charge is 2.14. The Balaban J connectivity index is 2.19. The first-order valence-electron chi connectivity index (χ1n) is 6.10. The highest BCUT2D eigenvalue weighted by atomic mass is 35.5.